The maximum atomic E-state index is 13.4. The number of piperidine rings is 1. The number of carbonyl (C=O) groups is 3. The van der Waals surface area contributed by atoms with Gasteiger partial charge in [0.15, 0.2) is 0 Å². The highest BCUT2D eigenvalue weighted by Crippen LogP contribution is 2.23. The molecule has 1 aromatic rings. The lowest BCUT2D eigenvalue weighted by Crippen LogP contribution is -2.65. The summed E-state index contributed by atoms with van der Waals surface area (Å²) in [5, 5.41) is 0. The molecule has 2 aliphatic rings. The molecule has 176 valence electrons. The SMILES string of the molecule is C[C@@H]1CN(C(=O)OCc2ccccc2)[C@@H](C(=O)N2CCCCC2)CN1C(=O)OC(C)(C)C. The second kappa shape index (κ2) is 10.2. The largest absolute Gasteiger partial charge is 0.445 e. The smallest absolute Gasteiger partial charge is 0.410 e. The summed E-state index contributed by atoms with van der Waals surface area (Å²) in [4.78, 5) is 44.1. The molecule has 32 heavy (non-hydrogen) atoms. The summed E-state index contributed by atoms with van der Waals surface area (Å²) in [6, 6.07) is 8.33. The molecule has 0 N–H and O–H groups in total. The van der Waals surface area contributed by atoms with Gasteiger partial charge >= 0.3 is 12.2 Å². The van der Waals surface area contributed by atoms with Crippen molar-refractivity contribution in [1.29, 1.82) is 0 Å². The van der Waals surface area contributed by atoms with E-state index in [1.165, 1.54) is 4.90 Å². The van der Waals surface area contributed by atoms with Gasteiger partial charge in [-0.05, 0) is 52.5 Å². The molecule has 0 spiro atoms. The Kier molecular flexibility index (Phi) is 7.64. The number of rotatable bonds is 3. The molecule has 0 aromatic heterocycles. The summed E-state index contributed by atoms with van der Waals surface area (Å²) in [7, 11) is 0. The van der Waals surface area contributed by atoms with E-state index in [0.717, 1.165) is 24.8 Å². The Labute approximate surface area is 190 Å². The molecule has 2 aliphatic heterocycles. The zero-order valence-corrected chi connectivity index (χ0v) is 19.6. The number of carbonyl (C=O) groups excluding carboxylic acids is 3. The van der Waals surface area contributed by atoms with Crippen molar-refractivity contribution in [3.05, 3.63) is 35.9 Å². The van der Waals surface area contributed by atoms with E-state index in [1.807, 2.05) is 58.0 Å². The van der Waals surface area contributed by atoms with Crippen LogP contribution in [0.1, 0.15) is 52.5 Å². The molecule has 3 amide bonds. The monoisotopic (exact) mass is 445 g/mol. The summed E-state index contributed by atoms with van der Waals surface area (Å²) < 4.78 is 11.1. The molecule has 2 atom stereocenters. The molecule has 0 radical (unpaired) electrons. The zero-order valence-electron chi connectivity index (χ0n) is 19.6. The number of ether oxygens (including phenoxy) is 2. The van der Waals surface area contributed by atoms with Gasteiger partial charge in [-0.1, -0.05) is 30.3 Å². The van der Waals surface area contributed by atoms with Crippen molar-refractivity contribution >= 4 is 18.1 Å². The Hall–Kier alpha value is -2.77. The second-order valence-electron chi connectivity index (χ2n) is 9.58. The van der Waals surface area contributed by atoms with E-state index in [2.05, 4.69) is 0 Å². The predicted molar refractivity (Wildman–Crippen MR) is 120 cm³/mol. The van der Waals surface area contributed by atoms with Crippen molar-refractivity contribution < 1.29 is 23.9 Å². The fourth-order valence-electron chi connectivity index (χ4n) is 4.09. The predicted octanol–water partition coefficient (Wildman–Crippen LogP) is 3.65. The molecule has 0 unspecified atom stereocenters. The van der Waals surface area contributed by atoms with Crippen LogP contribution in [-0.2, 0) is 20.9 Å². The zero-order chi connectivity index (χ0) is 23.3. The minimum absolute atomic E-state index is 0.0891. The maximum Gasteiger partial charge on any atom is 0.410 e. The van der Waals surface area contributed by atoms with Gasteiger partial charge in [-0.15, -0.1) is 0 Å². The van der Waals surface area contributed by atoms with Crippen LogP contribution in [0.2, 0.25) is 0 Å². The van der Waals surface area contributed by atoms with Crippen LogP contribution in [0.3, 0.4) is 0 Å². The first kappa shape index (κ1) is 23.9. The molecule has 0 bridgehead atoms. The third-order valence-corrected chi connectivity index (χ3v) is 5.76. The van der Waals surface area contributed by atoms with Crippen molar-refractivity contribution in [1.82, 2.24) is 14.7 Å². The van der Waals surface area contributed by atoms with E-state index < -0.39 is 23.8 Å². The van der Waals surface area contributed by atoms with Gasteiger partial charge in [-0.2, -0.15) is 0 Å². The summed E-state index contributed by atoms with van der Waals surface area (Å²) in [5.74, 6) is -0.137. The molecule has 1 aromatic carbocycles. The topological polar surface area (TPSA) is 79.4 Å². The number of amides is 3. The summed E-state index contributed by atoms with van der Waals surface area (Å²) in [5.41, 5.74) is 0.231. The molecule has 2 saturated heterocycles. The second-order valence-corrected chi connectivity index (χ2v) is 9.58. The van der Waals surface area contributed by atoms with Crippen LogP contribution in [0.15, 0.2) is 30.3 Å². The Bertz CT molecular complexity index is 802. The highest BCUT2D eigenvalue weighted by atomic mass is 16.6. The molecular formula is C24H35N3O5. The van der Waals surface area contributed by atoms with Gasteiger partial charge < -0.3 is 19.3 Å². The van der Waals surface area contributed by atoms with Crippen LogP contribution in [0, 0.1) is 0 Å². The first-order chi connectivity index (χ1) is 15.2. The Morgan fingerprint density at radius 1 is 0.938 bits per heavy atom. The summed E-state index contributed by atoms with van der Waals surface area (Å²) in [6.07, 6.45) is 1.98. The average molecular weight is 446 g/mol. The van der Waals surface area contributed by atoms with Crippen molar-refractivity contribution in [2.45, 2.75) is 71.2 Å². The van der Waals surface area contributed by atoms with Gasteiger partial charge in [-0.25, -0.2) is 9.59 Å². The number of piperazine rings is 1. The fourth-order valence-corrected chi connectivity index (χ4v) is 4.09. The first-order valence-electron chi connectivity index (χ1n) is 11.4. The Morgan fingerprint density at radius 3 is 2.22 bits per heavy atom. The van der Waals surface area contributed by atoms with Gasteiger partial charge in [0.2, 0.25) is 5.91 Å². The van der Waals surface area contributed by atoms with Crippen LogP contribution in [0.4, 0.5) is 9.59 Å². The minimum Gasteiger partial charge on any atom is -0.445 e. The van der Waals surface area contributed by atoms with Crippen molar-refractivity contribution in [2.75, 3.05) is 26.2 Å². The summed E-state index contributed by atoms with van der Waals surface area (Å²) >= 11 is 0. The molecule has 8 nitrogen and oxygen atoms in total. The maximum absolute atomic E-state index is 13.4. The molecule has 2 fully saturated rings. The molecular weight excluding hydrogens is 410 g/mol. The number of hydrogen-bond donors (Lipinski definition) is 0. The van der Waals surface area contributed by atoms with E-state index in [-0.39, 0.29) is 31.6 Å². The van der Waals surface area contributed by atoms with Crippen LogP contribution in [-0.4, -0.2) is 76.7 Å². The van der Waals surface area contributed by atoms with Gasteiger partial charge in [0, 0.05) is 19.6 Å². The highest BCUT2D eigenvalue weighted by Gasteiger charge is 2.43. The lowest BCUT2D eigenvalue weighted by molar-refractivity contribution is -0.140. The minimum atomic E-state index is -0.792. The van der Waals surface area contributed by atoms with Crippen molar-refractivity contribution in [2.24, 2.45) is 0 Å². The van der Waals surface area contributed by atoms with E-state index in [1.54, 1.807) is 9.80 Å². The van der Waals surface area contributed by atoms with Gasteiger partial charge in [0.25, 0.3) is 0 Å². The average Bonchev–Trinajstić information content (AvgIpc) is 2.77. The molecule has 0 saturated carbocycles. The van der Waals surface area contributed by atoms with Crippen LogP contribution in [0.5, 0.6) is 0 Å². The molecule has 0 aliphatic carbocycles. The molecule has 8 heteroatoms. The van der Waals surface area contributed by atoms with E-state index >= 15 is 0 Å². The van der Waals surface area contributed by atoms with E-state index in [9.17, 15) is 14.4 Å². The number of hydrogen-bond acceptors (Lipinski definition) is 5. The Balaban J connectivity index is 1.76. The third-order valence-electron chi connectivity index (χ3n) is 5.76. The van der Waals surface area contributed by atoms with Crippen LogP contribution < -0.4 is 0 Å². The van der Waals surface area contributed by atoms with Gasteiger partial charge in [0.1, 0.15) is 18.2 Å². The highest BCUT2D eigenvalue weighted by molar-refractivity contribution is 5.87. The third kappa shape index (κ3) is 6.14. The quantitative estimate of drug-likeness (QED) is 0.710. The van der Waals surface area contributed by atoms with Crippen molar-refractivity contribution in [3.63, 3.8) is 0 Å². The standard InChI is InChI=1S/C24H35N3O5/c1-18-15-27(22(29)31-17-19-11-7-5-8-12-19)20(21(28)25-13-9-6-10-14-25)16-26(18)23(30)32-24(2,3)4/h5,7-8,11-12,18,20H,6,9-10,13-17H2,1-4H3/t18-,20-/m1/s1. The summed E-state index contributed by atoms with van der Waals surface area (Å²) in [6.45, 7) is 9.04. The van der Waals surface area contributed by atoms with E-state index in [4.69, 9.17) is 9.47 Å². The lowest BCUT2D eigenvalue weighted by atomic mass is 10.0. The normalized spacial score (nSPS) is 21.8. The van der Waals surface area contributed by atoms with Gasteiger partial charge in [-0.3, -0.25) is 9.69 Å². The number of likely N-dealkylation sites (tertiary alicyclic amines) is 1. The van der Waals surface area contributed by atoms with Crippen LogP contribution >= 0.6 is 0 Å². The number of nitrogens with zero attached hydrogens (tertiary/aromatic N) is 3. The Morgan fingerprint density at radius 2 is 1.59 bits per heavy atom. The van der Waals surface area contributed by atoms with Crippen molar-refractivity contribution in [3.8, 4) is 0 Å². The van der Waals surface area contributed by atoms with E-state index in [0.29, 0.717) is 13.1 Å². The molecule has 3 rings (SSSR count). The van der Waals surface area contributed by atoms with Gasteiger partial charge in [0.05, 0.1) is 12.6 Å². The van der Waals surface area contributed by atoms with Crippen LogP contribution in [0.25, 0.3) is 0 Å². The number of benzene rings is 1. The fraction of sp³-hybridized carbons (Fsp3) is 0.625. The first-order valence-corrected chi connectivity index (χ1v) is 11.4. The molecule has 2 heterocycles. The lowest BCUT2D eigenvalue weighted by Gasteiger charge is -2.45.